The van der Waals surface area contributed by atoms with Crippen LogP contribution in [0.4, 0.5) is 5.69 Å². The number of nitriles is 1. The summed E-state index contributed by atoms with van der Waals surface area (Å²) >= 11 is 3.36. The highest BCUT2D eigenvalue weighted by molar-refractivity contribution is 9.10. The van der Waals surface area contributed by atoms with Crippen molar-refractivity contribution in [2.45, 2.75) is 44.1 Å². The lowest BCUT2D eigenvalue weighted by Crippen LogP contribution is -2.42. The molecule has 1 aromatic rings. The van der Waals surface area contributed by atoms with E-state index in [0.29, 0.717) is 11.3 Å². The topological polar surface area (TPSA) is 73.1 Å². The van der Waals surface area contributed by atoms with Crippen molar-refractivity contribution in [3.05, 3.63) is 28.2 Å². The van der Waals surface area contributed by atoms with Crippen LogP contribution in [0.15, 0.2) is 22.7 Å². The first-order chi connectivity index (χ1) is 9.56. The van der Waals surface area contributed by atoms with Gasteiger partial charge in [0.1, 0.15) is 6.07 Å². The lowest BCUT2D eigenvalue weighted by atomic mass is 9.79. The monoisotopic (exact) mass is 336 g/mol. The van der Waals surface area contributed by atoms with E-state index in [2.05, 4.69) is 27.3 Å². The number of hydrogen-bond acceptors (Lipinski definition) is 3. The Morgan fingerprint density at radius 3 is 2.70 bits per heavy atom. The number of benzene rings is 1. The fourth-order valence-corrected chi connectivity index (χ4v) is 3.35. The molecule has 5 heteroatoms. The lowest BCUT2D eigenvalue weighted by molar-refractivity contribution is -0.138. The highest BCUT2D eigenvalue weighted by atomic mass is 79.9. The van der Waals surface area contributed by atoms with Crippen molar-refractivity contribution in [2.75, 3.05) is 5.32 Å². The Bertz CT molecular complexity index is 545. The molecule has 2 N–H and O–H groups in total. The first-order valence-corrected chi connectivity index (χ1v) is 7.54. The Morgan fingerprint density at radius 1 is 1.40 bits per heavy atom. The Morgan fingerprint density at radius 2 is 2.10 bits per heavy atom. The molecular formula is C15H17BrN2O2. The molecule has 0 heterocycles. The number of anilines is 1. The van der Waals surface area contributed by atoms with E-state index in [9.17, 15) is 15.2 Å². The van der Waals surface area contributed by atoms with Crippen LogP contribution >= 0.6 is 15.9 Å². The van der Waals surface area contributed by atoms with Gasteiger partial charge in [0, 0.05) is 10.0 Å². The first kappa shape index (κ1) is 14.9. The minimum atomic E-state index is -0.798. The van der Waals surface area contributed by atoms with Crippen molar-refractivity contribution in [1.82, 2.24) is 0 Å². The summed E-state index contributed by atoms with van der Waals surface area (Å²) < 4.78 is 0.728. The molecule has 4 nitrogen and oxygen atoms in total. The third-order valence-electron chi connectivity index (χ3n) is 3.83. The summed E-state index contributed by atoms with van der Waals surface area (Å²) in [6.45, 7) is 0. The molecule has 2 rings (SSSR count). The van der Waals surface area contributed by atoms with Gasteiger partial charge in [-0.2, -0.15) is 5.26 Å². The van der Waals surface area contributed by atoms with Crippen LogP contribution in [-0.4, -0.2) is 16.6 Å². The van der Waals surface area contributed by atoms with Gasteiger partial charge in [0.15, 0.2) is 0 Å². The molecule has 0 unspecified atom stereocenters. The first-order valence-electron chi connectivity index (χ1n) is 6.75. The second-order valence-corrected chi connectivity index (χ2v) is 6.17. The van der Waals surface area contributed by atoms with E-state index in [1.54, 1.807) is 0 Å². The number of carboxylic acid groups (broad SMARTS) is 1. The third kappa shape index (κ3) is 3.31. The van der Waals surface area contributed by atoms with Crippen LogP contribution in [0.1, 0.15) is 44.1 Å². The molecule has 0 spiro atoms. The summed E-state index contributed by atoms with van der Waals surface area (Å²) in [6.07, 6.45) is 4.94. The molecule has 1 fully saturated rings. The molecule has 0 aliphatic heterocycles. The maximum Gasteiger partial charge on any atom is 0.305 e. The molecule has 20 heavy (non-hydrogen) atoms. The zero-order chi connectivity index (χ0) is 14.6. The molecule has 106 valence electrons. The van der Waals surface area contributed by atoms with Gasteiger partial charge in [0.2, 0.25) is 0 Å². The number of nitrogens with zero attached hydrogens (tertiary/aromatic N) is 1. The van der Waals surface area contributed by atoms with Crippen LogP contribution in [0, 0.1) is 11.3 Å². The van der Waals surface area contributed by atoms with Crippen molar-refractivity contribution >= 4 is 27.6 Å². The SMILES string of the molecule is N#Cc1c(Br)cccc1NC1(CC(=O)O)CCCCC1. The predicted molar refractivity (Wildman–Crippen MR) is 80.5 cm³/mol. The smallest absolute Gasteiger partial charge is 0.305 e. The van der Waals surface area contributed by atoms with E-state index in [1.807, 2.05) is 18.2 Å². The number of nitrogens with one attached hydrogen (secondary N) is 1. The van der Waals surface area contributed by atoms with Crippen molar-refractivity contribution < 1.29 is 9.90 Å². The summed E-state index contributed by atoms with van der Waals surface area (Å²) in [5.41, 5.74) is 0.809. The average Bonchev–Trinajstić information content (AvgIpc) is 2.39. The summed E-state index contributed by atoms with van der Waals surface area (Å²) in [7, 11) is 0. The van der Waals surface area contributed by atoms with Gasteiger partial charge in [-0.1, -0.05) is 25.3 Å². The molecule has 0 saturated heterocycles. The fraction of sp³-hybridized carbons (Fsp3) is 0.467. The predicted octanol–water partition coefficient (Wildman–Crippen LogP) is 3.91. The lowest BCUT2D eigenvalue weighted by Gasteiger charge is -2.38. The number of hydrogen-bond donors (Lipinski definition) is 2. The van der Waals surface area contributed by atoms with Gasteiger partial charge in [-0.15, -0.1) is 0 Å². The number of carboxylic acids is 1. The van der Waals surface area contributed by atoms with Gasteiger partial charge in [-0.05, 0) is 40.9 Å². The molecule has 0 aromatic heterocycles. The van der Waals surface area contributed by atoms with Crippen molar-refractivity contribution in [1.29, 1.82) is 5.26 Å². The van der Waals surface area contributed by atoms with E-state index in [1.165, 1.54) is 0 Å². The number of halogens is 1. The Labute approximate surface area is 126 Å². The maximum atomic E-state index is 11.2. The zero-order valence-corrected chi connectivity index (χ0v) is 12.7. The summed E-state index contributed by atoms with van der Waals surface area (Å²) in [5, 5.41) is 21.8. The van der Waals surface area contributed by atoms with Gasteiger partial charge in [-0.3, -0.25) is 4.79 Å². The third-order valence-corrected chi connectivity index (χ3v) is 4.49. The highest BCUT2D eigenvalue weighted by Gasteiger charge is 2.34. The molecule has 0 radical (unpaired) electrons. The van der Waals surface area contributed by atoms with Crippen LogP contribution in [-0.2, 0) is 4.79 Å². The van der Waals surface area contributed by atoms with Crippen molar-refractivity contribution in [2.24, 2.45) is 0 Å². The van der Waals surface area contributed by atoms with Gasteiger partial charge in [0.05, 0.1) is 17.7 Å². The van der Waals surface area contributed by atoms with Crippen LogP contribution in [0.5, 0.6) is 0 Å². The van der Waals surface area contributed by atoms with E-state index in [4.69, 9.17) is 0 Å². The molecule has 0 amide bonds. The fourth-order valence-electron chi connectivity index (χ4n) is 2.89. The molecule has 1 aliphatic carbocycles. The second kappa shape index (κ2) is 6.27. The Hall–Kier alpha value is -1.54. The van der Waals surface area contributed by atoms with Gasteiger partial charge >= 0.3 is 5.97 Å². The van der Waals surface area contributed by atoms with E-state index >= 15 is 0 Å². The van der Waals surface area contributed by atoms with Crippen LogP contribution in [0.3, 0.4) is 0 Å². The van der Waals surface area contributed by atoms with Crippen LogP contribution < -0.4 is 5.32 Å². The minimum Gasteiger partial charge on any atom is -0.481 e. The van der Waals surface area contributed by atoms with Crippen molar-refractivity contribution in [3.8, 4) is 6.07 Å². The summed E-state index contributed by atoms with van der Waals surface area (Å²) in [4.78, 5) is 11.2. The number of rotatable bonds is 4. The zero-order valence-electron chi connectivity index (χ0n) is 11.2. The quantitative estimate of drug-likeness (QED) is 0.874. The van der Waals surface area contributed by atoms with Crippen molar-refractivity contribution in [3.63, 3.8) is 0 Å². The molecule has 1 aromatic carbocycles. The second-order valence-electron chi connectivity index (χ2n) is 5.31. The molecule has 0 bridgehead atoms. The Balaban J connectivity index is 2.31. The molecule has 1 aliphatic rings. The number of aliphatic carboxylic acids is 1. The standard InChI is InChI=1S/C15H17BrN2O2/c16-12-5-4-6-13(11(12)10-17)18-15(9-14(19)20)7-2-1-3-8-15/h4-6,18H,1-3,7-9H2,(H,19,20). The normalized spacial score (nSPS) is 17.2. The van der Waals surface area contributed by atoms with Gasteiger partial charge in [0.25, 0.3) is 0 Å². The summed E-state index contributed by atoms with van der Waals surface area (Å²) in [5.74, 6) is -0.798. The molecule has 1 saturated carbocycles. The van der Waals surface area contributed by atoms with Crippen LogP contribution in [0.2, 0.25) is 0 Å². The average molecular weight is 337 g/mol. The molecule has 0 atom stereocenters. The van der Waals surface area contributed by atoms with E-state index in [0.717, 1.165) is 36.6 Å². The maximum absolute atomic E-state index is 11.2. The van der Waals surface area contributed by atoms with E-state index < -0.39 is 11.5 Å². The summed E-state index contributed by atoms with van der Waals surface area (Å²) in [6, 6.07) is 7.67. The number of carbonyl (C=O) groups is 1. The largest absolute Gasteiger partial charge is 0.481 e. The Kier molecular flexibility index (Phi) is 4.66. The van der Waals surface area contributed by atoms with E-state index in [-0.39, 0.29) is 6.42 Å². The van der Waals surface area contributed by atoms with Crippen LogP contribution in [0.25, 0.3) is 0 Å². The van der Waals surface area contributed by atoms with Gasteiger partial charge < -0.3 is 10.4 Å². The highest BCUT2D eigenvalue weighted by Crippen LogP contribution is 2.36. The molecular weight excluding hydrogens is 320 g/mol. The van der Waals surface area contributed by atoms with Gasteiger partial charge in [-0.25, -0.2) is 0 Å². The minimum absolute atomic E-state index is 0.0877.